The highest BCUT2D eigenvalue weighted by Gasteiger charge is 2.03. The highest BCUT2D eigenvalue weighted by Crippen LogP contribution is 2.04. The number of unbranched alkanes of at least 4 members (excludes halogenated alkanes) is 1. The summed E-state index contributed by atoms with van der Waals surface area (Å²) in [7, 11) is 0. The first-order valence-corrected chi connectivity index (χ1v) is 8.94. The second kappa shape index (κ2) is 20.9. The van der Waals surface area contributed by atoms with E-state index in [2.05, 4.69) is 34.6 Å². The van der Waals surface area contributed by atoms with Crippen LogP contribution in [0.5, 0.6) is 0 Å². The van der Waals surface area contributed by atoms with E-state index in [9.17, 15) is 0 Å². The molecule has 0 rings (SSSR count). The third kappa shape index (κ3) is 36.8. The molecule has 0 aromatic rings. The molecule has 0 bridgehead atoms. The Balaban J connectivity index is -0.000000108. The molecule has 2 atom stereocenters. The number of rotatable bonds is 7. The third-order valence-electron chi connectivity index (χ3n) is 3.14. The van der Waals surface area contributed by atoms with Gasteiger partial charge in [0.2, 0.25) is 0 Å². The highest BCUT2D eigenvalue weighted by molar-refractivity contribution is 4.54. The minimum Gasteiger partial charge on any atom is -0.393 e. The first-order valence-electron chi connectivity index (χ1n) is 8.94. The Morgan fingerprint density at radius 3 is 1.27 bits per heavy atom. The van der Waals surface area contributed by atoms with Crippen molar-refractivity contribution in [1.82, 2.24) is 0 Å². The zero-order valence-corrected chi connectivity index (χ0v) is 16.3. The average molecular weight is 321 g/mol. The number of aliphatic hydroxyl groups is 2. The summed E-state index contributed by atoms with van der Waals surface area (Å²) in [5.74, 6) is 1.95. The van der Waals surface area contributed by atoms with E-state index in [1.165, 1.54) is 19.3 Å². The second-order valence-electron chi connectivity index (χ2n) is 7.23. The van der Waals surface area contributed by atoms with Crippen LogP contribution in [0.3, 0.4) is 0 Å². The Labute approximate surface area is 142 Å². The van der Waals surface area contributed by atoms with E-state index >= 15 is 0 Å². The number of aliphatic hydroxyl groups excluding tert-OH is 2. The zero-order valence-electron chi connectivity index (χ0n) is 16.3. The summed E-state index contributed by atoms with van der Waals surface area (Å²) in [5.41, 5.74) is 0. The van der Waals surface area contributed by atoms with Crippen LogP contribution >= 0.6 is 0 Å². The normalized spacial score (nSPS) is 12.8. The molecule has 0 aliphatic heterocycles. The summed E-state index contributed by atoms with van der Waals surface area (Å²) in [6.07, 6.45) is 5.71. The summed E-state index contributed by atoms with van der Waals surface area (Å²) >= 11 is 0. The summed E-state index contributed by atoms with van der Waals surface area (Å²) in [5, 5.41) is 17.7. The van der Waals surface area contributed by atoms with Crippen molar-refractivity contribution in [1.29, 1.82) is 0 Å². The maximum atomic E-state index is 8.94. The minimum absolute atomic E-state index is 0. The lowest BCUT2D eigenvalue weighted by molar-refractivity contribution is 0.121. The molecule has 0 aliphatic carbocycles. The molecule has 2 unspecified atom stereocenters. The van der Waals surface area contributed by atoms with Gasteiger partial charge in [-0.2, -0.15) is 0 Å². The van der Waals surface area contributed by atoms with Gasteiger partial charge in [0.05, 0.1) is 12.2 Å². The van der Waals surface area contributed by atoms with Crippen molar-refractivity contribution < 1.29 is 10.2 Å². The van der Waals surface area contributed by atoms with Gasteiger partial charge in [0.15, 0.2) is 0 Å². The molecule has 0 aromatic carbocycles. The smallest absolute Gasteiger partial charge is 0.0560 e. The van der Waals surface area contributed by atoms with E-state index in [1.54, 1.807) is 0 Å². The van der Waals surface area contributed by atoms with Crippen molar-refractivity contribution in [3.8, 4) is 0 Å². The maximum Gasteiger partial charge on any atom is 0.0560 e. The van der Waals surface area contributed by atoms with E-state index in [0.717, 1.165) is 18.8 Å². The van der Waals surface area contributed by atoms with Crippen molar-refractivity contribution in [2.24, 2.45) is 17.8 Å². The quantitative estimate of drug-likeness (QED) is 0.578. The van der Waals surface area contributed by atoms with E-state index in [0.29, 0.717) is 11.8 Å². The first-order chi connectivity index (χ1) is 9.58. The van der Waals surface area contributed by atoms with Gasteiger partial charge >= 0.3 is 0 Å². The van der Waals surface area contributed by atoms with E-state index in [-0.39, 0.29) is 19.6 Å². The molecule has 0 saturated heterocycles. The molecule has 0 radical (unpaired) electrons. The van der Waals surface area contributed by atoms with Gasteiger partial charge in [0.1, 0.15) is 0 Å². The lowest BCUT2D eigenvalue weighted by atomic mass is 10.1. The predicted molar refractivity (Wildman–Crippen MR) is 103 cm³/mol. The van der Waals surface area contributed by atoms with Crippen LogP contribution < -0.4 is 0 Å². The minimum atomic E-state index is -0.125. The van der Waals surface area contributed by atoms with Crippen LogP contribution in [0.2, 0.25) is 0 Å². The van der Waals surface area contributed by atoms with Gasteiger partial charge < -0.3 is 10.2 Å². The molecule has 0 amide bonds. The van der Waals surface area contributed by atoms with Crippen molar-refractivity contribution in [3.63, 3.8) is 0 Å². The van der Waals surface area contributed by atoms with Crippen LogP contribution in [-0.4, -0.2) is 22.4 Å². The Morgan fingerprint density at radius 1 is 0.773 bits per heavy atom. The second-order valence-corrected chi connectivity index (χ2v) is 7.23. The average Bonchev–Trinajstić information content (AvgIpc) is 2.34. The molecule has 0 aliphatic rings. The lowest BCUT2D eigenvalue weighted by Crippen LogP contribution is -2.11. The fraction of sp³-hybridized carbons (Fsp3) is 1.00. The standard InChI is InChI=1S/C7H16.2C6H14O.CH4/c1-4-5-6-7(2)3;1-5(2)4-6(3)7;1-4-6(7)5(2)3;/h7H,4-6H2,1-3H3;2*5-7H,4H2,1-3H3;1H4. The molecule has 0 saturated carbocycles. The molecule has 140 valence electrons. The van der Waals surface area contributed by atoms with Gasteiger partial charge in [-0.05, 0) is 37.5 Å². The lowest BCUT2D eigenvalue weighted by Gasteiger charge is -2.09. The Kier molecular flexibility index (Phi) is 28.4. The van der Waals surface area contributed by atoms with Crippen LogP contribution in [0.4, 0.5) is 0 Å². The maximum absolute atomic E-state index is 8.94. The topological polar surface area (TPSA) is 40.5 Å². The number of hydrogen-bond donors (Lipinski definition) is 2. The van der Waals surface area contributed by atoms with Gasteiger partial charge in [0.25, 0.3) is 0 Å². The van der Waals surface area contributed by atoms with E-state index in [4.69, 9.17) is 10.2 Å². The molecule has 0 fully saturated rings. The Bertz CT molecular complexity index is 169. The highest BCUT2D eigenvalue weighted by atomic mass is 16.3. The molecule has 0 aromatic heterocycles. The van der Waals surface area contributed by atoms with E-state index < -0.39 is 0 Å². The van der Waals surface area contributed by atoms with Crippen molar-refractivity contribution in [2.75, 3.05) is 0 Å². The molecular formula is C20H48O2. The molecule has 2 heteroatoms. The molecule has 2 nitrogen and oxygen atoms in total. The fourth-order valence-electron chi connectivity index (χ4n) is 1.77. The van der Waals surface area contributed by atoms with Crippen LogP contribution in [0.25, 0.3) is 0 Å². The van der Waals surface area contributed by atoms with Crippen LogP contribution in [0, 0.1) is 17.8 Å². The van der Waals surface area contributed by atoms with Gasteiger partial charge in [-0.3, -0.25) is 0 Å². The largest absolute Gasteiger partial charge is 0.393 e. The Morgan fingerprint density at radius 2 is 1.23 bits per heavy atom. The van der Waals surface area contributed by atoms with Gasteiger partial charge in [-0.1, -0.05) is 82.1 Å². The fourth-order valence-corrected chi connectivity index (χ4v) is 1.77. The summed E-state index contributed by atoms with van der Waals surface area (Å²) < 4.78 is 0. The van der Waals surface area contributed by atoms with Gasteiger partial charge in [-0.15, -0.1) is 0 Å². The van der Waals surface area contributed by atoms with Crippen LogP contribution in [0.1, 0.15) is 102 Å². The SMILES string of the molecule is C.CC(C)CC(C)O.CCC(O)C(C)C.CCCCC(C)C. The van der Waals surface area contributed by atoms with Crippen molar-refractivity contribution in [2.45, 2.75) is 114 Å². The van der Waals surface area contributed by atoms with E-state index in [1.807, 2.05) is 27.7 Å². The van der Waals surface area contributed by atoms with Crippen LogP contribution in [0.15, 0.2) is 0 Å². The first kappa shape index (κ1) is 29.9. The van der Waals surface area contributed by atoms with Crippen molar-refractivity contribution >= 4 is 0 Å². The molecule has 0 spiro atoms. The molecular weight excluding hydrogens is 272 g/mol. The molecule has 0 heterocycles. The third-order valence-corrected chi connectivity index (χ3v) is 3.14. The van der Waals surface area contributed by atoms with Crippen molar-refractivity contribution in [3.05, 3.63) is 0 Å². The zero-order chi connectivity index (χ0) is 17.4. The monoisotopic (exact) mass is 320 g/mol. The van der Waals surface area contributed by atoms with Gasteiger partial charge in [0, 0.05) is 0 Å². The number of hydrogen-bond acceptors (Lipinski definition) is 2. The predicted octanol–water partition coefficient (Wildman–Crippen LogP) is 6.30. The van der Waals surface area contributed by atoms with Crippen LogP contribution in [-0.2, 0) is 0 Å². The van der Waals surface area contributed by atoms with Gasteiger partial charge in [-0.25, -0.2) is 0 Å². The molecule has 2 N–H and O–H groups in total. The molecule has 22 heavy (non-hydrogen) atoms. The summed E-state index contributed by atoms with van der Waals surface area (Å²) in [4.78, 5) is 0. The Hall–Kier alpha value is -0.0800. The summed E-state index contributed by atoms with van der Waals surface area (Å²) in [6, 6.07) is 0. The summed E-state index contributed by atoms with van der Waals surface area (Å²) in [6.45, 7) is 18.8.